The lowest BCUT2D eigenvalue weighted by Crippen LogP contribution is -2.04. The summed E-state index contributed by atoms with van der Waals surface area (Å²) in [6.45, 7) is 0. The molecule has 0 fully saturated rings. The van der Waals surface area contributed by atoms with Gasteiger partial charge in [-0.2, -0.15) is 13.2 Å². The molecule has 1 aromatic heterocycles. The zero-order chi connectivity index (χ0) is 16.6. The summed E-state index contributed by atoms with van der Waals surface area (Å²) >= 11 is 1.26. The van der Waals surface area contributed by atoms with E-state index in [-0.39, 0.29) is 0 Å². The van der Waals surface area contributed by atoms with Crippen LogP contribution in [-0.2, 0) is 10.9 Å². The van der Waals surface area contributed by atoms with Crippen LogP contribution in [0.1, 0.15) is 15.2 Å². The van der Waals surface area contributed by atoms with Crippen molar-refractivity contribution in [3.8, 4) is 11.1 Å². The van der Waals surface area contributed by atoms with Crippen LogP contribution >= 0.6 is 11.3 Å². The summed E-state index contributed by atoms with van der Waals surface area (Å²) in [5.74, 6) is -0.499. The lowest BCUT2D eigenvalue weighted by molar-refractivity contribution is -0.137. The monoisotopic (exact) mass is 336 g/mol. The largest absolute Gasteiger partial charge is 0.465 e. The van der Waals surface area contributed by atoms with Crippen LogP contribution < -0.4 is 0 Å². The number of hydrogen-bond acceptors (Lipinski definition) is 3. The first-order valence-corrected chi connectivity index (χ1v) is 7.51. The second-order valence-electron chi connectivity index (χ2n) is 4.87. The highest BCUT2D eigenvalue weighted by Gasteiger charge is 2.30. The van der Waals surface area contributed by atoms with E-state index >= 15 is 0 Å². The molecule has 0 bridgehead atoms. The van der Waals surface area contributed by atoms with Crippen LogP contribution in [0.25, 0.3) is 21.2 Å². The van der Waals surface area contributed by atoms with Gasteiger partial charge in [0.2, 0.25) is 0 Å². The molecular formula is C17H11F3O2S. The van der Waals surface area contributed by atoms with Crippen molar-refractivity contribution >= 4 is 27.4 Å². The minimum atomic E-state index is -4.39. The van der Waals surface area contributed by atoms with E-state index in [1.165, 1.54) is 30.6 Å². The normalized spacial score (nSPS) is 11.7. The van der Waals surface area contributed by atoms with Crippen molar-refractivity contribution in [3.05, 3.63) is 59.0 Å². The molecule has 2 nitrogen and oxygen atoms in total. The number of methoxy groups -OCH3 is 1. The van der Waals surface area contributed by atoms with Crippen molar-refractivity contribution in [2.24, 2.45) is 0 Å². The number of halogens is 3. The molecular weight excluding hydrogens is 325 g/mol. The van der Waals surface area contributed by atoms with Gasteiger partial charge in [-0.3, -0.25) is 0 Å². The van der Waals surface area contributed by atoms with Crippen molar-refractivity contribution in [2.75, 3.05) is 7.11 Å². The molecule has 0 radical (unpaired) electrons. The van der Waals surface area contributed by atoms with Crippen molar-refractivity contribution in [3.63, 3.8) is 0 Å². The molecule has 118 valence electrons. The summed E-state index contributed by atoms with van der Waals surface area (Å²) in [7, 11) is 1.28. The van der Waals surface area contributed by atoms with Crippen LogP contribution in [0.2, 0.25) is 0 Å². The Bertz CT molecular complexity index is 864. The lowest BCUT2D eigenvalue weighted by Gasteiger charge is -2.08. The Kier molecular flexibility index (Phi) is 3.85. The third-order valence-electron chi connectivity index (χ3n) is 3.47. The molecule has 0 spiro atoms. The van der Waals surface area contributed by atoms with Crippen molar-refractivity contribution in [1.29, 1.82) is 0 Å². The standard InChI is InChI=1S/C17H11F3O2S/c1-22-16(21)15-14(12-4-2-3-5-13(12)23-15)10-6-8-11(9-7-10)17(18,19)20/h2-9H,1H3. The molecule has 3 aromatic rings. The van der Waals surface area contributed by atoms with Gasteiger partial charge >= 0.3 is 12.1 Å². The molecule has 0 aliphatic carbocycles. The van der Waals surface area contributed by atoms with Crippen molar-refractivity contribution < 1.29 is 22.7 Å². The van der Waals surface area contributed by atoms with Crippen LogP contribution in [-0.4, -0.2) is 13.1 Å². The first kappa shape index (κ1) is 15.6. The smallest absolute Gasteiger partial charge is 0.416 e. The van der Waals surface area contributed by atoms with E-state index in [1.807, 2.05) is 24.3 Å². The van der Waals surface area contributed by atoms with Crippen LogP contribution in [0, 0.1) is 0 Å². The maximum absolute atomic E-state index is 12.7. The zero-order valence-corrected chi connectivity index (χ0v) is 12.8. The Morgan fingerprint density at radius 3 is 2.30 bits per heavy atom. The SMILES string of the molecule is COC(=O)c1sc2ccccc2c1-c1ccc(C(F)(F)F)cc1. The van der Waals surface area contributed by atoms with Crippen LogP contribution in [0.15, 0.2) is 48.5 Å². The first-order chi connectivity index (χ1) is 10.9. The summed E-state index contributed by atoms with van der Waals surface area (Å²) in [6, 6.07) is 12.2. The van der Waals surface area contributed by atoms with E-state index < -0.39 is 17.7 Å². The maximum atomic E-state index is 12.7. The molecule has 2 aromatic carbocycles. The number of rotatable bonds is 2. The van der Waals surface area contributed by atoms with E-state index in [1.54, 1.807) is 0 Å². The Labute approximate surface area is 134 Å². The van der Waals surface area contributed by atoms with Gasteiger partial charge in [-0.15, -0.1) is 11.3 Å². The molecule has 0 saturated heterocycles. The summed E-state index contributed by atoms with van der Waals surface area (Å²) in [6.07, 6.45) is -4.39. The molecule has 23 heavy (non-hydrogen) atoms. The number of hydrogen-bond donors (Lipinski definition) is 0. The predicted molar refractivity (Wildman–Crippen MR) is 83.6 cm³/mol. The third kappa shape index (κ3) is 2.82. The van der Waals surface area contributed by atoms with Crippen LogP contribution in [0.3, 0.4) is 0 Å². The number of ether oxygens (including phenoxy) is 1. The van der Waals surface area contributed by atoms with E-state index in [9.17, 15) is 18.0 Å². The van der Waals surface area contributed by atoms with Gasteiger partial charge in [-0.05, 0) is 23.8 Å². The Hall–Kier alpha value is -2.34. The number of alkyl halides is 3. The summed E-state index contributed by atoms with van der Waals surface area (Å²) < 4.78 is 43.8. The van der Waals surface area contributed by atoms with E-state index in [4.69, 9.17) is 4.74 Å². The van der Waals surface area contributed by atoms with Gasteiger partial charge in [-0.25, -0.2) is 4.79 Å². The average Bonchev–Trinajstić information content (AvgIpc) is 2.93. The quantitative estimate of drug-likeness (QED) is 0.588. The summed E-state index contributed by atoms with van der Waals surface area (Å²) in [5.41, 5.74) is 0.433. The third-order valence-corrected chi connectivity index (χ3v) is 4.62. The summed E-state index contributed by atoms with van der Waals surface area (Å²) in [5, 5.41) is 0.817. The average molecular weight is 336 g/mol. The highest BCUT2D eigenvalue weighted by Crippen LogP contribution is 2.40. The topological polar surface area (TPSA) is 26.3 Å². The molecule has 0 unspecified atom stereocenters. The number of fused-ring (bicyclic) bond motifs is 1. The Morgan fingerprint density at radius 2 is 1.70 bits per heavy atom. The number of esters is 1. The molecule has 0 atom stereocenters. The van der Waals surface area contributed by atoms with E-state index in [0.29, 0.717) is 16.0 Å². The molecule has 0 aliphatic heterocycles. The van der Waals surface area contributed by atoms with Crippen LogP contribution in [0.5, 0.6) is 0 Å². The second kappa shape index (κ2) is 5.70. The number of carbonyl (C=O) groups excluding carboxylic acids is 1. The molecule has 6 heteroatoms. The highest BCUT2D eigenvalue weighted by atomic mass is 32.1. The first-order valence-electron chi connectivity index (χ1n) is 6.69. The number of benzene rings is 2. The fraction of sp³-hybridized carbons (Fsp3) is 0.118. The number of carbonyl (C=O) groups is 1. The van der Waals surface area contributed by atoms with Gasteiger partial charge in [-0.1, -0.05) is 30.3 Å². The molecule has 1 heterocycles. The second-order valence-corrected chi connectivity index (χ2v) is 5.92. The molecule has 0 saturated carbocycles. The fourth-order valence-electron chi connectivity index (χ4n) is 2.39. The van der Waals surface area contributed by atoms with Gasteiger partial charge < -0.3 is 4.74 Å². The molecule has 0 N–H and O–H groups in total. The predicted octanol–water partition coefficient (Wildman–Crippen LogP) is 5.37. The lowest BCUT2D eigenvalue weighted by atomic mass is 10.0. The van der Waals surface area contributed by atoms with Gasteiger partial charge in [0.05, 0.1) is 12.7 Å². The van der Waals surface area contributed by atoms with E-state index in [0.717, 1.165) is 22.2 Å². The fourth-order valence-corrected chi connectivity index (χ4v) is 3.54. The molecule has 3 rings (SSSR count). The zero-order valence-electron chi connectivity index (χ0n) is 12.0. The minimum Gasteiger partial charge on any atom is -0.465 e. The Balaban J connectivity index is 2.20. The van der Waals surface area contributed by atoms with Gasteiger partial charge in [0.15, 0.2) is 0 Å². The summed E-state index contributed by atoms with van der Waals surface area (Å²) in [4.78, 5) is 12.4. The Morgan fingerprint density at radius 1 is 1.04 bits per heavy atom. The van der Waals surface area contributed by atoms with Crippen LogP contribution in [0.4, 0.5) is 13.2 Å². The molecule has 0 aliphatic rings. The number of thiophene rings is 1. The van der Waals surface area contributed by atoms with Crippen molar-refractivity contribution in [1.82, 2.24) is 0 Å². The highest BCUT2D eigenvalue weighted by molar-refractivity contribution is 7.21. The van der Waals surface area contributed by atoms with Gasteiger partial charge in [0.25, 0.3) is 0 Å². The minimum absolute atomic E-state index is 0.383. The maximum Gasteiger partial charge on any atom is 0.416 e. The van der Waals surface area contributed by atoms with Gasteiger partial charge in [0, 0.05) is 15.6 Å². The van der Waals surface area contributed by atoms with E-state index in [2.05, 4.69) is 0 Å². The van der Waals surface area contributed by atoms with Crippen molar-refractivity contribution in [2.45, 2.75) is 6.18 Å². The van der Waals surface area contributed by atoms with Gasteiger partial charge in [0.1, 0.15) is 4.88 Å². The molecule has 0 amide bonds.